The van der Waals surface area contributed by atoms with Gasteiger partial charge in [-0.25, -0.2) is 0 Å². The molecule has 0 radical (unpaired) electrons. The molecule has 0 aromatic rings. The highest BCUT2D eigenvalue weighted by molar-refractivity contribution is 5.70. The van der Waals surface area contributed by atoms with Crippen molar-refractivity contribution in [2.75, 3.05) is 46.6 Å². The largest absolute Gasteiger partial charge is 0.466 e. The van der Waals surface area contributed by atoms with E-state index < -0.39 is 0 Å². The van der Waals surface area contributed by atoms with Crippen molar-refractivity contribution in [2.24, 2.45) is 34.0 Å². The number of carbonyl (C=O) groups is 3. The Bertz CT molecular complexity index is 1350. The van der Waals surface area contributed by atoms with Gasteiger partial charge in [-0.15, -0.1) is 0 Å². The molecule has 2 aliphatic rings. The molecule has 4 atom stereocenters. The van der Waals surface area contributed by atoms with Crippen molar-refractivity contribution in [3.63, 3.8) is 0 Å². The molecule has 2 saturated carbocycles. The van der Waals surface area contributed by atoms with Gasteiger partial charge in [0.1, 0.15) is 6.61 Å². The Balaban J connectivity index is 2.06. The summed E-state index contributed by atoms with van der Waals surface area (Å²) in [6.45, 7) is 16.6. The molecule has 2 rings (SSSR count). The number of esters is 3. The summed E-state index contributed by atoms with van der Waals surface area (Å²) < 4.78 is 17.9. The third kappa shape index (κ3) is 35.5. The van der Waals surface area contributed by atoms with E-state index in [4.69, 9.17) is 14.2 Å². The summed E-state index contributed by atoms with van der Waals surface area (Å²) in [5.41, 5.74) is -0.0805. The standard InChI is InChI=1S/C67H127NO7/c1-8-12-16-20-24-28-32-36-59(37-33-29-25-21-17-13-9-2)43-51-73-62(70)40-45-65(5)54-61-55-66(6,46-41-63(71)75-53-49-68(7)48-50-69)58-67(56-61,57-65)47-42-64(72)74-52-44-60(38-34-30-26-22-18-14-10-3)39-35-31-27-23-19-15-11-4/h59-61,69H,8-58H2,1-7H3. The summed E-state index contributed by atoms with van der Waals surface area (Å²) in [6.07, 6.45) is 53.3. The van der Waals surface area contributed by atoms with Crippen LogP contribution < -0.4 is 0 Å². The fourth-order valence-corrected chi connectivity index (χ4v) is 14.1. The van der Waals surface area contributed by atoms with Crippen molar-refractivity contribution in [2.45, 2.75) is 330 Å². The van der Waals surface area contributed by atoms with Gasteiger partial charge in [0.25, 0.3) is 0 Å². The number of aliphatic hydroxyl groups excluding tert-OH is 1. The van der Waals surface area contributed by atoms with Crippen LogP contribution in [0.5, 0.6) is 0 Å². The average molecular weight is 1060 g/mol. The topological polar surface area (TPSA) is 102 Å². The lowest BCUT2D eigenvalue weighted by atomic mass is 9.47. The number of rotatable bonds is 52. The van der Waals surface area contributed by atoms with E-state index >= 15 is 0 Å². The van der Waals surface area contributed by atoms with Gasteiger partial charge in [0.05, 0.1) is 19.8 Å². The quantitative estimate of drug-likeness (QED) is 0.0365. The molecule has 0 aromatic heterocycles. The zero-order valence-electron chi connectivity index (χ0n) is 51.1. The number of hydrogen-bond donors (Lipinski definition) is 1. The van der Waals surface area contributed by atoms with E-state index in [-0.39, 0.29) is 40.8 Å². The lowest BCUT2D eigenvalue weighted by Crippen LogP contribution is -2.48. The third-order valence-corrected chi connectivity index (χ3v) is 18.3. The van der Waals surface area contributed by atoms with Gasteiger partial charge in [-0.2, -0.15) is 0 Å². The van der Waals surface area contributed by atoms with E-state index in [9.17, 15) is 19.5 Å². The van der Waals surface area contributed by atoms with Crippen LogP contribution in [0.15, 0.2) is 0 Å². The lowest BCUT2D eigenvalue weighted by molar-refractivity contribution is -0.147. The summed E-state index contributed by atoms with van der Waals surface area (Å²) in [6, 6.07) is 0. The van der Waals surface area contributed by atoms with E-state index in [0.29, 0.717) is 69.9 Å². The van der Waals surface area contributed by atoms with Crippen molar-refractivity contribution >= 4 is 17.9 Å². The van der Waals surface area contributed by atoms with Crippen molar-refractivity contribution in [1.82, 2.24) is 4.90 Å². The maximum atomic E-state index is 13.8. The molecule has 0 heterocycles. The molecule has 0 amide bonds. The Kier molecular flexibility index (Phi) is 40.8. The van der Waals surface area contributed by atoms with Gasteiger partial charge >= 0.3 is 17.9 Å². The lowest BCUT2D eigenvalue weighted by Gasteiger charge is -2.58. The van der Waals surface area contributed by atoms with Crippen LogP contribution >= 0.6 is 0 Å². The predicted molar refractivity (Wildman–Crippen MR) is 317 cm³/mol. The molecule has 75 heavy (non-hydrogen) atoms. The summed E-state index contributed by atoms with van der Waals surface area (Å²) in [4.78, 5) is 42.4. The van der Waals surface area contributed by atoms with Crippen LogP contribution in [0, 0.1) is 34.0 Å². The number of fused-ring (bicyclic) bond motifs is 2. The number of aliphatic hydroxyl groups is 1. The molecule has 0 aliphatic heterocycles. The fourth-order valence-electron chi connectivity index (χ4n) is 14.1. The van der Waals surface area contributed by atoms with Crippen LogP contribution in [0.1, 0.15) is 330 Å². The number of carbonyl (C=O) groups excluding carboxylic acids is 3. The molecule has 8 nitrogen and oxygen atoms in total. The van der Waals surface area contributed by atoms with E-state index in [1.165, 1.54) is 205 Å². The molecular formula is C67H127NO7. The van der Waals surface area contributed by atoms with Gasteiger partial charge in [-0.3, -0.25) is 14.4 Å². The monoisotopic (exact) mass is 1060 g/mol. The maximum absolute atomic E-state index is 13.8. The smallest absolute Gasteiger partial charge is 0.305 e. The second kappa shape index (κ2) is 44.1. The van der Waals surface area contributed by atoms with Gasteiger partial charge in [-0.05, 0) is 105 Å². The van der Waals surface area contributed by atoms with E-state index in [0.717, 1.165) is 64.2 Å². The van der Waals surface area contributed by atoms with Crippen molar-refractivity contribution in [3.05, 3.63) is 0 Å². The highest BCUT2D eigenvalue weighted by atomic mass is 16.5. The number of hydrogen-bond acceptors (Lipinski definition) is 8. The molecular weight excluding hydrogens is 931 g/mol. The minimum absolute atomic E-state index is 0.0112. The fraction of sp³-hybridized carbons (Fsp3) is 0.955. The molecule has 4 unspecified atom stereocenters. The van der Waals surface area contributed by atoms with Crippen LogP contribution in [0.2, 0.25) is 0 Å². The van der Waals surface area contributed by atoms with Gasteiger partial charge in [0, 0.05) is 32.4 Å². The number of nitrogens with zero attached hydrogens (tertiary/aromatic N) is 1. The first-order valence-electron chi connectivity index (χ1n) is 33.1. The molecule has 0 saturated heterocycles. The number of unbranched alkanes of at least 4 members (excludes halogenated alkanes) is 24. The summed E-state index contributed by atoms with van der Waals surface area (Å²) >= 11 is 0. The third-order valence-electron chi connectivity index (χ3n) is 18.3. The van der Waals surface area contributed by atoms with Gasteiger partial charge in [-0.1, -0.05) is 247 Å². The highest BCUT2D eigenvalue weighted by Crippen LogP contribution is 2.64. The van der Waals surface area contributed by atoms with Crippen LogP contribution in [0.3, 0.4) is 0 Å². The van der Waals surface area contributed by atoms with E-state index in [2.05, 4.69) is 41.5 Å². The Morgan fingerprint density at radius 2 is 0.760 bits per heavy atom. The van der Waals surface area contributed by atoms with Crippen LogP contribution in [0.4, 0.5) is 0 Å². The Hall–Kier alpha value is -1.67. The molecule has 2 bridgehead atoms. The molecule has 2 fully saturated rings. The molecule has 0 spiro atoms. The van der Waals surface area contributed by atoms with Crippen molar-refractivity contribution in [3.8, 4) is 0 Å². The minimum atomic E-state index is -0.149. The predicted octanol–water partition coefficient (Wildman–Crippen LogP) is 19.0. The zero-order valence-corrected chi connectivity index (χ0v) is 51.1. The second-order valence-corrected chi connectivity index (χ2v) is 26.1. The van der Waals surface area contributed by atoms with Gasteiger partial charge in [0.2, 0.25) is 0 Å². The van der Waals surface area contributed by atoms with Crippen LogP contribution in [-0.2, 0) is 28.6 Å². The first-order valence-corrected chi connectivity index (χ1v) is 33.1. The van der Waals surface area contributed by atoms with E-state index in [1.54, 1.807) is 0 Å². The molecule has 0 aromatic carbocycles. The normalized spacial score (nSPS) is 20.6. The SMILES string of the molecule is CCCCCCCCCC(CCCCCCCCC)CCOC(=O)CCC1(C)CC2CC(C)(CCC(=O)OCCN(C)CCO)CC(CCC(=O)OCCC(CCCCCCCCC)CCCCCCCCC)(C2)C1. The van der Waals surface area contributed by atoms with Crippen LogP contribution in [-0.4, -0.2) is 74.5 Å². The highest BCUT2D eigenvalue weighted by Gasteiger charge is 2.53. The Morgan fingerprint density at radius 1 is 0.440 bits per heavy atom. The maximum Gasteiger partial charge on any atom is 0.305 e. The summed E-state index contributed by atoms with van der Waals surface area (Å²) in [5.74, 6) is 1.51. The molecule has 8 heteroatoms. The first kappa shape index (κ1) is 69.4. The van der Waals surface area contributed by atoms with Crippen molar-refractivity contribution < 1.29 is 33.7 Å². The molecule has 442 valence electrons. The summed E-state index contributed by atoms with van der Waals surface area (Å²) in [7, 11) is 1.93. The Labute approximate surface area is 465 Å². The zero-order chi connectivity index (χ0) is 54.7. The van der Waals surface area contributed by atoms with Crippen LogP contribution in [0.25, 0.3) is 0 Å². The summed E-state index contributed by atoms with van der Waals surface area (Å²) in [5, 5.41) is 9.27. The van der Waals surface area contributed by atoms with Gasteiger partial charge < -0.3 is 24.2 Å². The second-order valence-electron chi connectivity index (χ2n) is 26.1. The molecule has 2 aliphatic carbocycles. The van der Waals surface area contributed by atoms with Crippen molar-refractivity contribution in [1.29, 1.82) is 0 Å². The minimum Gasteiger partial charge on any atom is -0.466 e. The Morgan fingerprint density at radius 3 is 1.11 bits per heavy atom. The first-order chi connectivity index (χ1) is 36.3. The average Bonchev–Trinajstić information content (AvgIpc) is 3.37. The van der Waals surface area contributed by atoms with Gasteiger partial charge in [0.15, 0.2) is 0 Å². The van der Waals surface area contributed by atoms with E-state index in [1.807, 2.05) is 11.9 Å². The molecule has 1 N–H and O–H groups in total. The number of ether oxygens (including phenoxy) is 3. The number of likely N-dealkylation sites (N-methyl/N-ethyl adjacent to an activating group) is 1.